The molecule has 1 aliphatic heterocycles. The SMILES string of the molecule is Cc1ccc(CN(Cc2ccc(C#N)c3ccccc23)CC2CCCO2)c(Br)c1. The highest BCUT2D eigenvalue weighted by atomic mass is 79.9. The lowest BCUT2D eigenvalue weighted by Gasteiger charge is -2.26. The quantitative estimate of drug-likeness (QED) is 0.466. The first kappa shape index (κ1) is 20.1. The Kier molecular flexibility index (Phi) is 6.30. The van der Waals surface area contributed by atoms with Gasteiger partial charge < -0.3 is 4.74 Å². The Balaban J connectivity index is 1.64. The van der Waals surface area contributed by atoms with Crippen LogP contribution in [0, 0.1) is 18.3 Å². The summed E-state index contributed by atoms with van der Waals surface area (Å²) in [5.74, 6) is 0. The second kappa shape index (κ2) is 9.09. The molecule has 0 spiro atoms. The highest BCUT2D eigenvalue weighted by Crippen LogP contribution is 2.27. The van der Waals surface area contributed by atoms with E-state index in [1.54, 1.807) is 0 Å². The Morgan fingerprint density at radius 2 is 1.83 bits per heavy atom. The van der Waals surface area contributed by atoms with Crippen LogP contribution >= 0.6 is 15.9 Å². The Bertz CT molecular complexity index is 1050. The first-order chi connectivity index (χ1) is 14.1. The van der Waals surface area contributed by atoms with Crippen LogP contribution in [0.3, 0.4) is 0 Å². The smallest absolute Gasteiger partial charge is 0.0998 e. The van der Waals surface area contributed by atoms with Crippen LogP contribution in [0.15, 0.2) is 59.1 Å². The van der Waals surface area contributed by atoms with E-state index in [2.05, 4.69) is 64.2 Å². The van der Waals surface area contributed by atoms with Gasteiger partial charge in [-0.1, -0.05) is 58.4 Å². The number of hydrogen-bond acceptors (Lipinski definition) is 3. The van der Waals surface area contributed by atoms with Gasteiger partial charge in [0.05, 0.1) is 17.7 Å². The summed E-state index contributed by atoms with van der Waals surface area (Å²) in [4.78, 5) is 2.47. The standard InChI is InChI=1S/C25H25BrN2O/c1-18-8-9-21(25(26)13-18)16-28(17-22-5-4-12-29-22)15-20-11-10-19(14-27)23-6-2-3-7-24(20)23/h2-3,6-11,13,22H,4-5,12,15-17H2,1H3. The average molecular weight is 449 g/mol. The lowest BCUT2D eigenvalue weighted by molar-refractivity contribution is 0.0680. The number of fused-ring (bicyclic) bond motifs is 1. The van der Waals surface area contributed by atoms with Gasteiger partial charge in [-0.3, -0.25) is 4.90 Å². The summed E-state index contributed by atoms with van der Waals surface area (Å²) in [6.07, 6.45) is 2.57. The molecule has 0 radical (unpaired) electrons. The van der Waals surface area contributed by atoms with Gasteiger partial charge in [0, 0.05) is 30.7 Å². The molecule has 0 bridgehead atoms. The van der Waals surface area contributed by atoms with Gasteiger partial charge in [-0.15, -0.1) is 0 Å². The molecule has 29 heavy (non-hydrogen) atoms. The molecular formula is C25H25BrN2O. The van der Waals surface area contributed by atoms with E-state index in [1.807, 2.05) is 24.3 Å². The van der Waals surface area contributed by atoms with Crippen LogP contribution in [-0.2, 0) is 17.8 Å². The minimum absolute atomic E-state index is 0.295. The molecule has 1 unspecified atom stereocenters. The van der Waals surface area contributed by atoms with Gasteiger partial charge in [-0.25, -0.2) is 0 Å². The van der Waals surface area contributed by atoms with Gasteiger partial charge >= 0.3 is 0 Å². The molecule has 0 amide bonds. The van der Waals surface area contributed by atoms with Gasteiger partial charge in [-0.2, -0.15) is 5.26 Å². The molecule has 4 rings (SSSR count). The van der Waals surface area contributed by atoms with Crippen molar-refractivity contribution in [3.8, 4) is 6.07 Å². The molecule has 0 aliphatic carbocycles. The van der Waals surface area contributed by atoms with Crippen LogP contribution in [0.4, 0.5) is 0 Å². The monoisotopic (exact) mass is 448 g/mol. The van der Waals surface area contributed by atoms with Crippen molar-refractivity contribution in [1.82, 2.24) is 4.90 Å². The number of nitriles is 1. The van der Waals surface area contributed by atoms with E-state index in [1.165, 1.54) is 16.7 Å². The van der Waals surface area contributed by atoms with Crippen molar-refractivity contribution < 1.29 is 4.74 Å². The van der Waals surface area contributed by atoms with Crippen molar-refractivity contribution in [2.75, 3.05) is 13.2 Å². The number of halogens is 1. The van der Waals surface area contributed by atoms with E-state index < -0.39 is 0 Å². The van der Waals surface area contributed by atoms with Gasteiger partial charge in [0.25, 0.3) is 0 Å². The molecule has 3 aromatic rings. The lowest BCUT2D eigenvalue weighted by atomic mass is 9.99. The summed E-state index contributed by atoms with van der Waals surface area (Å²) in [6, 6.07) is 21.1. The van der Waals surface area contributed by atoms with Crippen LogP contribution in [0.2, 0.25) is 0 Å². The van der Waals surface area contributed by atoms with Crippen molar-refractivity contribution in [2.24, 2.45) is 0 Å². The van der Waals surface area contributed by atoms with Gasteiger partial charge in [0.15, 0.2) is 0 Å². The van der Waals surface area contributed by atoms with E-state index in [-0.39, 0.29) is 0 Å². The minimum atomic E-state index is 0.295. The third kappa shape index (κ3) is 4.70. The zero-order valence-electron chi connectivity index (χ0n) is 16.7. The summed E-state index contributed by atoms with van der Waals surface area (Å²) in [5.41, 5.74) is 4.52. The Morgan fingerprint density at radius 3 is 2.55 bits per heavy atom. The summed E-state index contributed by atoms with van der Waals surface area (Å²) in [7, 11) is 0. The number of ether oxygens (including phenoxy) is 1. The van der Waals surface area contributed by atoms with Crippen LogP contribution in [-0.4, -0.2) is 24.2 Å². The largest absolute Gasteiger partial charge is 0.377 e. The number of aryl methyl sites for hydroxylation is 1. The average Bonchev–Trinajstić information content (AvgIpc) is 3.23. The first-order valence-electron chi connectivity index (χ1n) is 10.1. The summed E-state index contributed by atoms with van der Waals surface area (Å²) >= 11 is 3.74. The van der Waals surface area contributed by atoms with Crippen molar-refractivity contribution in [2.45, 2.75) is 39.0 Å². The molecule has 148 valence electrons. The highest BCUT2D eigenvalue weighted by Gasteiger charge is 2.21. The first-order valence-corrected chi connectivity index (χ1v) is 10.9. The van der Waals surface area contributed by atoms with Crippen LogP contribution in [0.1, 0.15) is 35.1 Å². The summed E-state index contributed by atoms with van der Waals surface area (Å²) < 4.78 is 7.09. The zero-order chi connectivity index (χ0) is 20.2. The summed E-state index contributed by atoms with van der Waals surface area (Å²) in [5, 5.41) is 11.7. The number of rotatable bonds is 6. The molecule has 1 atom stereocenters. The predicted octanol–water partition coefficient (Wildman–Crippen LogP) is 5.96. The second-order valence-corrected chi connectivity index (χ2v) is 8.68. The Labute approximate surface area is 181 Å². The minimum Gasteiger partial charge on any atom is -0.377 e. The zero-order valence-corrected chi connectivity index (χ0v) is 18.3. The summed E-state index contributed by atoms with van der Waals surface area (Å²) in [6.45, 7) is 5.57. The van der Waals surface area contributed by atoms with Crippen LogP contribution < -0.4 is 0 Å². The maximum Gasteiger partial charge on any atom is 0.0998 e. The molecule has 0 N–H and O–H groups in total. The fourth-order valence-electron chi connectivity index (χ4n) is 4.12. The fraction of sp³-hybridized carbons (Fsp3) is 0.320. The van der Waals surface area contributed by atoms with E-state index >= 15 is 0 Å². The predicted molar refractivity (Wildman–Crippen MR) is 121 cm³/mol. The van der Waals surface area contributed by atoms with E-state index in [4.69, 9.17) is 4.74 Å². The van der Waals surface area contributed by atoms with Crippen molar-refractivity contribution in [3.63, 3.8) is 0 Å². The van der Waals surface area contributed by atoms with Gasteiger partial charge in [0.2, 0.25) is 0 Å². The normalized spacial score (nSPS) is 16.4. The molecule has 1 aliphatic rings. The lowest BCUT2D eigenvalue weighted by Crippen LogP contribution is -2.31. The Hall–Kier alpha value is -2.19. The second-order valence-electron chi connectivity index (χ2n) is 7.83. The number of nitrogens with zero attached hydrogens (tertiary/aromatic N) is 2. The van der Waals surface area contributed by atoms with E-state index in [9.17, 15) is 5.26 Å². The topological polar surface area (TPSA) is 36.3 Å². The molecule has 0 saturated carbocycles. The molecule has 4 heteroatoms. The third-order valence-electron chi connectivity index (χ3n) is 5.62. The van der Waals surface area contributed by atoms with Gasteiger partial charge in [0.1, 0.15) is 0 Å². The van der Waals surface area contributed by atoms with Crippen molar-refractivity contribution in [3.05, 3.63) is 81.3 Å². The van der Waals surface area contributed by atoms with Crippen molar-refractivity contribution in [1.29, 1.82) is 5.26 Å². The maximum atomic E-state index is 9.46. The molecule has 1 saturated heterocycles. The molecular weight excluding hydrogens is 424 g/mol. The molecule has 3 nitrogen and oxygen atoms in total. The van der Waals surface area contributed by atoms with E-state index in [0.29, 0.717) is 6.10 Å². The molecule has 0 aromatic heterocycles. The van der Waals surface area contributed by atoms with Crippen LogP contribution in [0.25, 0.3) is 10.8 Å². The molecule has 1 heterocycles. The maximum absolute atomic E-state index is 9.46. The fourth-order valence-corrected chi connectivity index (χ4v) is 4.74. The highest BCUT2D eigenvalue weighted by molar-refractivity contribution is 9.10. The number of benzene rings is 3. The van der Waals surface area contributed by atoms with Gasteiger partial charge in [-0.05, 0) is 59.4 Å². The third-order valence-corrected chi connectivity index (χ3v) is 6.36. The molecule has 1 fully saturated rings. The Morgan fingerprint density at radius 1 is 1.07 bits per heavy atom. The molecule has 3 aromatic carbocycles. The van der Waals surface area contributed by atoms with E-state index in [0.717, 1.165) is 59.9 Å². The number of hydrogen-bond donors (Lipinski definition) is 0. The van der Waals surface area contributed by atoms with Crippen molar-refractivity contribution >= 4 is 26.7 Å². The van der Waals surface area contributed by atoms with Crippen LogP contribution in [0.5, 0.6) is 0 Å².